The minimum absolute atomic E-state index is 0.0614. The molecule has 0 aliphatic rings. The molecular weight excluding hydrogens is 423 g/mol. The molecule has 2 N–H and O–H groups in total. The third-order valence-corrected chi connectivity index (χ3v) is 4.81. The summed E-state index contributed by atoms with van der Waals surface area (Å²) in [6.07, 6.45) is -4.58. The molecule has 0 unspecified atom stereocenters. The topological polar surface area (TPSA) is 41.1 Å². The van der Waals surface area contributed by atoms with E-state index in [-0.39, 0.29) is 39.3 Å². The molecule has 3 aromatic carbocycles. The lowest BCUT2D eigenvalue weighted by atomic mass is 10.1. The predicted molar refractivity (Wildman–Crippen MR) is 107 cm³/mol. The fraction of sp³-hybridized carbons (Fsp3) is 0.0952. The van der Waals surface area contributed by atoms with Gasteiger partial charge in [0.2, 0.25) is 0 Å². The first-order chi connectivity index (χ1) is 14.3. The SMILES string of the molecule is O=C(Nc1ccccc1SC(F)F)c1ccccc1Nc1ccccc1C(F)(F)F. The molecule has 0 fully saturated rings. The number of anilines is 3. The van der Waals surface area contributed by atoms with Crippen molar-refractivity contribution in [1.82, 2.24) is 0 Å². The minimum Gasteiger partial charge on any atom is -0.354 e. The summed E-state index contributed by atoms with van der Waals surface area (Å²) in [5.41, 5.74) is -0.701. The minimum atomic E-state index is -4.58. The van der Waals surface area contributed by atoms with Gasteiger partial charge in [0.1, 0.15) is 0 Å². The summed E-state index contributed by atoms with van der Waals surface area (Å²) in [6, 6.07) is 17.0. The second-order valence-corrected chi connectivity index (χ2v) is 7.07. The number of alkyl halides is 5. The van der Waals surface area contributed by atoms with Crippen molar-refractivity contribution in [2.45, 2.75) is 16.8 Å². The molecule has 0 spiro atoms. The van der Waals surface area contributed by atoms with Crippen LogP contribution in [0.2, 0.25) is 0 Å². The third kappa shape index (κ3) is 5.29. The molecule has 0 atom stereocenters. The Morgan fingerprint density at radius 1 is 0.800 bits per heavy atom. The van der Waals surface area contributed by atoms with Crippen molar-refractivity contribution >= 4 is 34.7 Å². The number of carbonyl (C=O) groups excluding carboxylic acids is 1. The van der Waals surface area contributed by atoms with Crippen molar-refractivity contribution in [3.63, 3.8) is 0 Å². The van der Waals surface area contributed by atoms with Gasteiger partial charge in [-0.1, -0.05) is 48.2 Å². The number of hydrogen-bond donors (Lipinski definition) is 2. The van der Waals surface area contributed by atoms with Crippen molar-refractivity contribution in [3.05, 3.63) is 83.9 Å². The molecule has 9 heteroatoms. The number of amides is 1. The van der Waals surface area contributed by atoms with Gasteiger partial charge in [-0.25, -0.2) is 0 Å². The van der Waals surface area contributed by atoms with Crippen LogP contribution in [0.5, 0.6) is 0 Å². The first kappa shape index (κ1) is 21.6. The molecule has 3 aromatic rings. The number of benzene rings is 3. The van der Waals surface area contributed by atoms with E-state index >= 15 is 0 Å². The van der Waals surface area contributed by atoms with Gasteiger partial charge in [-0.15, -0.1) is 0 Å². The molecule has 0 aliphatic heterocycles. The van der Waals surface area contributed by atoms with E-state index < -0.39 is 23.4 Å². The van der Waals surface area contributed by atoms with Crippen LogP contribution in [0.15, 0.2) is 77.7 Å². The van der Waals surface area contributed by atoms with Crippen LogP contribution in [0.25, 0.3) is 0 Å². The summed E-state index contributed by atoms with van der Waals surface area (Å²) in [7, 11) is 0. The summed E-state index contributed by atoms with van der Waals surface area (Å²) in [6.45, 7) is 0. The molecule has 0 saturated heterocycles. The summed E-state index contributed by atoms with van der Waals surface area (Å²) in [5.74, 6) is -3.32. The maximum atomic E-state index is 13.3. The molecule has 30 heavy (non-hydrogen) atoms. The van der Waals surface area contributed by atoms with Gasteiger partial charge >= 0.3 is 6.18 Å². The molecule has 3 nitrogen and oxygen atoms in total. The molecule has 0 heterocycles. The van der Waals surface area contributed by atoms with E-state index in [1.54, 1.807) is 24.3 Å². The molecule has 0 bridgehead atoms. The zero-order valence-corrected chi connectivity index (χ0v) is 16.0. The average molecular weight is 438 g/mol. The van der Waals surface area contributed by atoms with Gasteiger partial charge in [0.25, 0.3) is 11.7 Å². The van der Waals surface area contributed by atoms with Crippen molar-refractivity contribution in [2.24, 2.45) is 0 Å². The summed E-state index contributed by atoms with van der Waals surface area (Å²) in [5, 5.41) is 5.20. The molecule has 0 radical (unpaired) electrons. The quantitative estimate of drug-likeness (QED) is 0.321. The number of thioether (sulfide) groups is 1. The van der Waals surface area contributed by atoms with Gasteiger partial charge in [-0.2, -0.15) is 22.0 Å². The van der Waals surface area contributed by atoms with E-state index in [2.05, 4.69) is 10.6 Å². The number of hydrogen-bond acceptors (Lipinski definition) is 3. The predicted octanol–water partition coefficient (Wildman–Crippen LogP) is 7.02. The van der Waals surface area contributed by atoms with Crippen molar-refractivity contribution in [1.29, 1.82) is 0 Å². The summed E-state index contributed by atoms with van der Waals surface area (Å²) >= 11 is 0.285. The van der Waals surface area contributed by atoms with Crippen LogP contribution in [0, 0.1) is 0 Å². The highest BCUT2D eigenvalue weighted by molar-refractivity contribution is 7.99. The monoisotopic (exact) mass is 438 g/mol. The van der Waals surface area contributed by atoms with Crippen LogP contribution >= 0.6 is 11.8 Å². The average Bonchev–Trinajstić information content (AvgIpc) is 2.69. The van der Waals surface area contributed by atoms with Crippen LogP contribution in [0.4, 0.5) is 39.0 Å². The Morgan fingerprint density at radius 3 is 2.03 bits per heavy atom. The van der Waals surface area contributed by atoms with E-state index in [4.69, 9.17) is 0 Å². The van der Waals surface area contributed by atoms with E-state index in [1.165, 1.54) is 42.5 Å². The largest absolute Gasteiger partial charge is 0.418 e. The number of halogens is 5. The fourth-order valence-electron chi connectivity index (χ4n) is 2.73. The van der Waals surface area contributed by atoms with Gasteiger partial charge in [-0.05, 0) is 36.4 Å². The Bertz CT molecular complexity index is 1040. The fourth-order valence-corrected chi connectivity index (χ4v) is 3.33. The number of nitrogens with one attached hydrogen (secondary N) is 2. The molecule has 0 aromatic heterocycles. The van der Waals surface area contributed by atoms with Gasteiger partial charge in [0.05, 0.1) is 28.2 Å². The van der Waals surface area contributed by atoms with Gasteiger partial charge in [0, 0.05) is 4.90 Å². The number of rotatable bonds is 6. The molecule has 1 amide bonds. The highest BCUT2D eigenvalue weighted by Crippen LogP contribution is 2.37. The van der Waals surface area contributed by atoms with Crippen LogP contribution in [0.1, 0.15) is 15.9 Å². The molecule has 3 rings (SSSR count). The Kier molecular flexibility index (Phi) is 6.61. The lowest BCUT2D eigenvalue weighted by Crippen LogP contribution is -2.15. The highest BCUT2D eigenvalue weighted by atomic mass is 32.2. The Labute approximate surface area is 173 Å². The lowest BCUT2D eigenvalue weighted by molar-refractivity contribution is -0.136. The zero-order valence-electron chi connectivity index (χ0n) is 15.2. The van der Waals surface area contributed by atoms with Crippen molar-refractivity contribution < 1.29 is 26.7 Å². The Morgan fingerprint density at radius 2 is 1.37 bits per heavy atom. The van der Waals surface area contributed by atoms with Gasteiger partial charge < -0.3 is 10.6 Å². The van der Waals surface area contributed by atoms with Crippen molar-refractivity contribution in [2.75, 3.05) is 10.6 Å². The second-order valence-electron chi connectivity index (χ2n) is 6.04. The van der Waals surface area contributed by atoms with Crippen LogP contribution in [0.3, 0.4) is 0 Å². The Balaban J connectivity index is 1.89. The zero-order chi connectivity index (χ0) is 21.7. The molecular formula is C21H15F5N2OS. The van der Waals surface area contributed by atoms with E-state index in [0.29, 0.717) is 0 Å². The first-order valence-corrected chi connectivity index (χ1v) is 9.51. The smallest absolute Gasteiger partial charge is 0.354 e. The molecule has 0 saturated carbocycles. The normalized spacial score (nSPS) is 11.4. The second kappa shape index (κ2) is 9.17. The standard InChI is InChI=1S/C21H15F5N2OS/c22-20(23)30-18-12-6-5-11-17(18)28-19(29)13-7-1-3-9-15(13)27-16-10-4-2-8-14(16)21(24,25)26/h1-12,20,27H,(H,28,29). The maximum absolute atomic E-state index is 13.3. The molecule has 0 aliphatic carbocycles. The lowest BCUT2D eigenvalue weighted by Gasteiger charge is -2.17. The Hall–Kier alpha value is -3.07. The van der Waals surface area contributed by atoms with Crippen LogP contribution in [-0.2, 0) is 6.18 Å². The van der Waals surface area contributed by atoms with E-state index in [0.717, 1.165) is 6.07 Å². The maximum Gasteiger partial charge on any atom is 0.418 e. The van der Waals surface area contributed by atoms with Crippen LogP contribution in [-0.4, -0.2) is 11.7 Å². The van der Waals surface area contributed by atoms with E-state index in [1.807, 2.05) is 0 Å². The highest BCUT2D eigenvalue weighted by Gasteiger charge is 2.33. The summed E-state index contributed by atoms with van der Waals surface area (Å²) < 4.78 is 65.3. The third-order valence-electron chi connectivity index (χ3n) is 4.02. The first-order valence-electron chi connectivity index (χ1n) is 8.63. The number of para-hydroxylation sites is 3. The van der Waals surface area contributed by atoms with Crippen molar-refractivity contribution in [3.8, 4) is 0 Å². The van der Waals surface area contributed by atoms with Gasteiger partial charge in [0.15, 0.2) is 0 Å². The molecule has 156 valence electrons. The van der Waals surface area contributed by atoms with E-state index in [9.17, 15) is 26.7 Å². The van der Waals surface area contributed by atoms with Crippen LogP contribution < -0.4 is 10.6 Å². The van der Waals surface area contributed by atoms with Gasteiger partial charge in [-0.3, -0.25) is 4.79 Å². The summed E-state index contributed by atoms with van der Waals surface area (Å²) in [4.78, 5) is 12.9. The number of carbonyl (C=O) groups is 1.